The van der Waals surface area contributed by atoms with Crippen LogP contribution in [-0.2, 0) is 4.74 Å². The zero-order valence-electron chi connectivity index (χ0n) is 15.6. The average Bonchev–Trinajstić information content (AvgIpc) is 3.18. The highest BCUT2D eigenvalue weighted by atomic mass is 16.5. The van der Waals surface area contributed by atoms with Crippen LogP contribution in [0.3, 0.4) is 0 Å². The van der Waals surface area contributed by atoms with Gasteiger partial charge in [-0.3, -0.25) is 4.79 Å². The van der Waals surface area contributed by atoms with E-state index in [2.05, 4.69) is 16.0 Å². The van der Waals surface area contributed by atoms with Gasteiger partial charge >= 0.3 is 6.03 Å². The third-order valence-electron chi connectivity index (χ3n) is 5.89. The number of nitrogens with zero attached hydrogens (tertiary/aromatic N) is 1. The molecular formula is C20H28N4O3. The fourth-order valence-electron chi connectivity index (χ4n) is 4.33. The number of benzene rings is 1. The molecule has 1 aromatic rings. The van der Waals surface area contributed by atoms with Crippen molar-refractivity contribution >= 4 is 17.6 Å². The molecular weight excluding hydrogens is 344 g/mol. The normalized spacial score (nSPS) is 25.7. The van der Waals surface area contributed by atoms with Crippen molar-refractivity contribution in [2.24, 2.45) is 5.92 Å². The molecule has 7 heteroatoms. The number of piperidine rings is 1. The molecule has 3 N–H and O–H groups in total. The van der Waals surface area contributed by atoms with Gasteiger partial charge in [-0.15, -0.1) is 0 Å². The molecule has 0 radical (unpaired) electrons. The summed E-state index contributed by atoms with van der Waals surface area (Å²) < 4.78 is 5.32. The van der Waals surface area contributed by atoms with Gasteiger partial charge in [-0.05, 0) is 55.9 Å². The van der Waals surface area contributed by atoms with Crippen LogP contribution in [0.15, 0.2) is 24.3 Å². The van der Waals surface area contributed by atoms with Crippen LogP contribution in [0.1, 0.15) is 36.0 Å². The van der Waals surface area contributed by atoms with Crippen molar-refractivity contribution in [1.29, 1.82) is 0 Å². The Labute approximate surface area is 159 Å². The van der Waals surface area contributed by atoms with E-state index in [1.807, 2.05) is 4.90 Å². The molecule has 3 heterocycles. The van der Waals surface area contributed by atoms with Crippen molar-refractivity contribution in [3.63, 3.8) is 0 Å². The number of urea groups is 1. The van der Waals surface area contributed by atoms with Crippen LogP contribution in [0.4, 0.5) is 10.5 Å². The maximum absolute atomic E-state index is 12.7. The van der Waals surface area contributed by atoms with Gasteiger partial charge in [0.1, 0.15) is 0 Å². The number of amides is 3. The molecule has 146 valence electrons. The first-order valence-corrected chi connectivity index (χ1v) is 9.98. The average molecular weight is 372 g/mol. The third-order valence-corrected chi connectivity index (χ3v) is 5.89. The molecule has 4 rings (SSSR count). The van der Waals surface area contributed by atoms with Gasteiger partial charge in [-0.25, -0.2) is 4.79 Å². The minimum absolute atomic E-state index is 0.0483. The largest absolute Gasteiger partial charge is 0.381 e. The molecule has 7 nitrogen and oxygen atoms in total. The molecule has 3 saturated heterocycles. The Morgan fingerprint density at radius 2 is 1.85 bits per heavy atom. The Bertz CT molecular complexity index is 672. The van der Waals surface area contributed by atoms with Gasteiger partial charge in [-0.2, -0.15) is 0 Å². The maximum atomic E-state index is 12.7. The minimum Gasteiger partial charge on any atom is -0.381 e. The van der Waals surface area contributed by atoms with Crippen molar-refractivity contribution in [3.05, 3.63) is 29.8 Å². The first-order valence-electron chi connectivity index (χ1n) is 9.98. The number of hydrogen-bond acceptors (Lipinski definition) is 4. The van der Waals surface area contributed by atoms with Crippen molar-refractivity contribution in [2.45, 2.75) is 37.8 Å². The SMILES string of the molecule is O=C(NC1CCOCC1)c1ccc(NC(=O)N2CCC[C@H]3CNC[C@H]32)cc1. The van der Waals surface area contributed by atoms with Crippen LogP contribution < -0.4 is 16.0 Å². The fraction of sp³-hybridized carbons (Fsp3) is 0.600. The van der Waals surface area contributed by atoms with E-state index in [1.165, 1.54) is 6.42 Å². The quantitative estimate of drug-likeness (QED) is 0.756. The van der Waals surface area contributed by atoms with Crippen LogP contribution >= 0.6 is 0 Å². The summed E-state index contributed by atoms with van der Waals surface area (Å²) in [5.74, 6) is 0.497. The lowest BCUT2D eigenvalue weighted by Crippen LogP contribution is -2.50. The predicted octanol–water partition coefficient (Wildman–Crippen LogP) is 1.81. The summed E-state index contributed by atoms with van der Waals surface area (Å²) in [5.41, 5.74) is 1.33. The van der Waals surface area contributed by atoms with E-state index < -0.39 is 0 Å². The standard InChI is InChI=1S/C20H28N4O3/c25-19(22-17-7-10-27-11-8-17)14-3-5-16(6-4-14)23-20(26)24-9-1-2-15-12-21-13-18(15)24/h3-6,15,17-18,21H,1-2,7-13H2,(H,22,25)(H,23,26)/t15-,18+/m0/s1. The molecule has 2 atom stereocenters. The highest BCUT2D eigenvalue weighted by Crippen LogP contribution is 2.27. The number of nitrogens with one attached hydrogen (secondary N) is 3. The molecule has 27 heavy (non-hydrogen) atoms. The van der Waals surface area contributed by atoms with Gasteiger partial charge in [-0.1, -0.05) is 0 Å². The van der Waals surface area contributed by atoms with Crippen molar-refractivity contribution < 1.29 is 14.3 Å². The molecule has 3 amide bonds. The zero-order chi connectivity index (χ0) is 18.6. The Hall–Kier alpha value is -2.12. The molecule has 1 aromatic carbocycles. The van der Waals surface area contributed by atoms with Crippen molar-refractivity contribution in [3.8, 4) is 0 Å². The monoisotopic (exact) mass is 372 g/mol. The van der Waals surface area contributed by atoms with Gasteiger partial charge in [0, 0.05) is 56.2 Å². The molecule has 0 spiro atoms. The fourth-order valence-corrected chi connectivity index (χ4v) is 4.33. The van der Waals surface area contributed by atoms with Crippen molar-refractivity contribution in [2.75, 3.05) is 38.2 Å². The summed E-state index contributed by atoms with van der Waals surface area (Å²) in [5, 5.41) is 9.43. The van der Waals surface area contributed by atoms with Gasteiger partial charge in [0.15, 0.2) is 0 Å². The Kier molecular flexibility index (Phi) is 5.59. The highest BCUT2D eigenvalue weighted by Gasteiger charge is 2.37. The van der Waals surface area contributed by atoms with Crippen molar-refractivity contribution in [1.82, 2.24) is 15.5 Å². The summed E-state index contributed by atoms with van der Waals surface area (Å²) in [6.45, 7) is 4.09. The number of ether oxygens (including phenoxy) is 1. The Morgan fingerprint density at radius 3 is 2.63 bits per heavy atom. The molecule has 0 saturated carbocycles. The summed E-state index contributed by atoms with van der Waals surface area (Å²) in [6, 6.07) is 7.55. The second kappa shape index (κ2) is 8.27. The second-order valence-corrected chi connectivity index (χ2v) is 7.69. The van der Waals surface area contributed by atoms with E-state index >= 15 is 0 Å². The number of hydrogen-bond donors (Lipinski definition) is 3. The van der Waals surface area contributed by atoms with E-state index in [0.717, 1.165) is 44.6 Å². The number of rotatable bonds is 3. The van der Waals surface area contributed by atoms with Crippen LogP contribution in [0.5, 0.6) is 0 Å². The molecule has 0 aromatic heterocycles. The maximum Gasteiger partial charge on any atom is 0.322 e. The Morgan fingerprint density at radius 1 is 1.07 bits per heavy atom. The molecule has 3 aliphatic heterocycles. The van der Waals surface area contributed by atoms with E-state index in [-0.39, 0.29) is 18.0 Å². The number of carbonyl (C=O) groups is 2. The lowest BCUT2D eigenvalue weighted by molar-refractivity contribution is 0.0696. The molecule has 0 bridgehead atoms. The van der Waals surface area contributed by atoms with Crippen LogP contribution in [0.2, 0.25) is 0 Å². The van der Waals surface area contributed by atoms with Gasteiger partial charge in [0.25, 0.3) is 5.91 Å². The van der Waals surface area contributed by atoms with Crippen LogP contribution in [-0.4, -0.2) is 61.8 Å². The second-order valence-electron chi connectivity index (χ2n) is 7.69. The first kappa shape index (κ1) is 18.3. The summed E-state index contributed by atoms with van der Waals surface area (Å²) >= 11 is 0. The number of fused-ring (bicyclic) bond motifs is 1. The molecule has 0 unspecified atom stereocenters. The number of carbonyl (C=O) groups excluding carboxylic acids is 2. The smallest absolute Gasteiger partial charge is 0.322 e. The first-order chi connectivity index (χ1) is 13.2. The molecule has 0 aliphatic carbocycles. The summed E-state index contributed by atoms with van der Waals surface area (Å²) in [7, 11) is 0. The summed E-state index contributed by atoms with van der Waals surface area (Å²) in [6.07, 6.45) is 3.96. The molecule has 3 aliphatic rings. The lowest BCUT2D eigenvalue weighted by atomic mass is 9.92. The van der Waals surface area contributed by atoms with Gasteiger partial charge in [0.2, 0.25) is 0 Å². The van der Waals surface area contributed by atoms with E-state index in [4.69, 9.17) is 4.74 Å². The van der Waals surface area contributed by atoms with Gasteiger partial charge < -0.3 is 25.6 Å². The van der Waals surface area contributed by atoms with E-state index in [1.54, 1.807) is 24.3 Å². The third kappa shape index (κ3) is 4.25. The minimum atomic E-state index is -0.0734. The predicted molar refractivity (Wildman–Crippen MR) is 103 cm³/mol. The van der Waals surface area contributed by atoms with E-state index in [0.29, 0.717) is 30.7 Å². The number of anilines is 1. The highest BCUT2D eigenvalue weighted by molar-refractivity contribution is 5.95. The van der Waals surface area contributed by atoms with Crippen LogP contribution in [0.25, 0.3) is 0 Å². The van der Waals surface area contributed by atoms with E-state index in [9.17, 15) is 9.59 Å². The zero-order valence-corrected chi connectivity index (χ0v) is 15.6. The topological polar surface area (TPSA) is 82.7 Å². The summed E-state index contributed by atoms with van der Waals surface area (Å²) in [4.78, 5) is 27.0. The number of likely N-dealkylation sites (tertiary alicyclic amines) is 1. The van der Waals surface area contributed by atoms with Gasteiger partial charge in [0.05, 0.1) is 0 Å². The lowest BCUT2D eigenvalue weighted by Gasteiger charge is -2.36. The molecule has 3 fully saturated rings. The Balaban J connectivity index is 1.33. The van der Waals surface area contributed by atoms with Crippen LogP contribution in [0, 0.1) is 5.92 Å².